The normalized spacial score (nSPS) is 17.3. The van der Waals surface area contributed by atoms with E-state index in [0.29, 0.717) is 12.5 Å². The predicted octanol–water partition coefficient (Wildman–Crippen LogP) is 2.03. The number of H-pyrrole nitrogens is 1. The zero-order valence-corrected chi connectivity index (χ0v) is 9.53. The largest absolute Gasteiger partial charge is 0.460 e. The zero-order valence-electron chi connectivity index (χ0n) is 9.53. The Morgan fingerprint density at radius 3 is 2.88 bits per heavy atom. The van der Waals surface area contributed by atoms with Crippen LogP contribution in [0.3, 0.4) is 0 Å². The minimum absolute atomic E-state index is 0.155. The van der Waals surface area contributed by atoms with Crippen LogP contribution in [0.1, 0.15) is 61.4 Å². The Labute approximate surface area is 94.6 Å². The first kappa shape index (κ1) is 11.1. The van der Waals surface area contributed by atoms with Crippen LogP contribution >= 0.6 is 0 Å². The minimum atomic E-state index is -0.444. The molecule has 1 aromatic rings. The van der Waals surface area contributed by atoms with Gasteiger partial charge in [-0.15, -0.1) is 5.10 Å². The van der Waals surface area contributed by atoms with Crippen molar-refractivity contribution in [2.24, 2.45) is 0 Å². The van der Waals surface area contributed by atoms with Crippen molar-refractivity contribution in [1.29, 1.82) is 0 Å². The SMILES string of the molecule is CCOC(=O)c1n[nH]c(C2CCCCC2)n1. The van der Waals surface area contributed by atoms with Crippen molar-refractivity contribution in [3.8, 4) is 0 Å². The summed E-state index contributed by atoms with van der Waals surface area (Å²) in [6.07, 6.45) is 6.05. The van der Waals surface area contributed by atoms with Crippen LogP contribution < -0.4 is 0 Å². The summed E-state index contributed by atoms with van der Waals surface area (Å²) in [6, 6.07) is 0. The van der Waals surface area contributed by atoms with Gasteiger partial charge in [0, 0.05) is 5.92 Å². The lowest BCUT2D eigenvalue weighted by atomic mass is 9.89. The van der Waals surface area contributed by atoms with Gasteiger partial charge in [0.05, 0.1) is 6.61 Å². The molecule has 0 aromatic carbocycles. The molecule has 0 bridgehead atoms. The third-order valence-corrected chi connectivity index (χ3v) is 2.95. The Hall–Kier alpha value is -1.39. The summed E-state index contributed by atoms with van der Waals surface area (Å²) in [7, 11) is 0. The van der Waals surface area contributed by atoms with Gasteiger partial charge >= 0.3 is 5.97 Å². The first-order chi connectivity index (χ1) is 7.81. The molecule has 0 amide bonds. The van der Waals surface area contributed by atoms with E-state index in [0.717, 1.165) is 18.7 Å². The summed E-state index contributed by atoms with van der Waals surface area (Å²) in [5.74, 6) is 0.982. The first-order valence-corrected chi connectivity index (χ1v) is 5.90. The van der Waals surface area contributed by atoms with E-state index in [4.69, 9.17) is 4.74 Å². The molecule has 0 saturated heterocycles. The van der Waals surface area contributed by atoms with E-state index in [1.807, 2.05) is 0 Å². The van der Waals surface area contributed by atoms with Crippen LogP contribution in [0.25, 0.3) is 0 Å². The number of ether oxygens (including phenoxy) is 1. The Morgan fingerprint density at radius 2 is 2.19 bits per heavy atom. The number of hydrogen-bond acceptors (Lipinski definition) is 4. The lowest BCUT2D eigenvalue weighted by Crippen LogP contribution is -2.08. The van der Waals surface area contributed by atoms with Gasteiger partial charge in [0.25, 0.3) is 5.82 Å². The maximum absolute atomic E-state index is 11.4. The third-order valence-electron chi connectivity index (χ3n) is 2.95. The molecule has 88 valence electrons. The minimum Gasteiger partial charge on any atom is -0.460 e. The van der Waals surface area contributed by atoms with Crippen molar-refractivity contribution in [3.05, 3.63) is 11.6 Å². The van der Waals surface area contributed by atoms with E-state index in [2.05, 4.69) is 15.2 Å². The smallest absolute Gasteiger partial charge is 0.378 e. The molecule has 5 heteroatoms. The highest BCUT2D eigenvalue weighted by Crippen LogP contribution is 2.30. The molecule has 0 radical (unpaired) electrons. The molecule has 1 aromatic heterocycles. The molecule has 5 nitrogen and oxygen atoms in total. The quantitative estimate of drug-likeness (QED) is 0.796. The lowest BCUT2D eigenvalue weighted by molar-refractivity contribution is 0.0512. The summed E-state index contributed by atoms with van der Waals surface area (Å²) < 4.78 is 4.84. The zero-order chi connectivity index (χ0) is 11.4. The number of rotatable bonds is 3. The highest BCUT2D eigenvalue weighted by Gasteiger charge is 2.21. The highest BCUT2D eigenvalue weighted by molar-refractivity contribution is 5.84. The molecule has 16 heavy (non-hydrogen) atoms. The summed E-state index contributed by atoms with van der Waals surface area (Å²) in [5, 5.41) is 6.75. The number of nitrogens with one attached hydrogen (secondary N) is 1. The predicted molar refractivity (Wildman–Crippen MR) is 58.2 cm³/mol. The van der Waals surface area contributed by atoms with Gasteiger partial charge in [0.2, 0.25) is 0 Å². The fraction of sp³-hybridized carbons (Fsp3) is 0.727. The summed E-state index contributed by atoms with van der Waals surface area (Å²) in [4.78, 5) is 15.6. The van der Waals surface area contributed by atoms with E-state index >= 15 is 0 Å². The molecule has 1 saturated carbocycles. The van der Waals surface area contributed by atoms with Crippen molar-refractivity contribution in [2.75, 3.05) is 6.61 Å². The maximum Gasteiger partial charge on any atom is 0.378 e. The molecule has 0 spiro atoms. The van der Waals surface area contributed by atoms with E-state index < -0.39 is 5.97 Å². The van der Waals surface area contributed by atoms with Gasteiger partial charge in [0.15, 0.2) is 0 Å². The number of aromatic amines is 1. The van der Waals surface area contributed by atoms with Gasteiger partial charge in [-0.05, 0) is 19.8 Å². The van der Waals surface area contributed by atoms with Crippen molar-refractivity contribution >= 4 is 5.97 Å². The fourth-order valence-corrected chi connectivity index (χ4v) is 2.12. The number of aromatic nitrogens is 3. The lowest BCUT2D eigenvalue weighted by Gasteiger charge is -2.18. The van der Waals surface area contributed by atoms with Crippen molar-refractivity contribution < 1.29 is 9.53 Å². The van der Waals surface area contributed by atoms with E-state index in [-0.39, 0.29) is 5.82 Å². The molecule has 0 aliphatic heterocycles. The fourth-order valence-electron chi connectivity index (χ4n) is 2.12. The Balaban J connectivity index is 2.03. The van der Waals surface area contributed by atoms with Gasteiger partial charge in [0.1, 0.15) is 5.82 Å². The number of carbonyl (C=O) groups is 1. The number of nitrogens with zero attached hydrogens (tertiary/aromatic N) is 2. The van der Waals surface area contributed by atoms with Gasteiger partial charge in [-0.1, -0.05) is 19.3 Å². The molecule has 2 rings (SSSR count). The molecule has 0 atom stereocenters. The number of carbonyl (C=O) groups excluding carboxylic acids is 1. The van der Waals surface area contributed by atoms with Crippen LogP contribution in [0.2, 0.25) is 0 Å². The van der Waals surface area contributed by atoms with Crippen LogP contribution in [0.5, 0.6) is 0 Å². The second kappa shape index (κ2) is 5.09. The molecule has 1 heterocycles. The maximum atomic E-state index is 11.4. The second-order valence-corrected chi connectivity index (χ2v) is 4.10. The van der Waals surface area contributed by atoms with E-state index in [9.17, 15) is 4.79 Å². The summed E-state index contributed by atoms with van der Waals surface area (Å²) in [5.41, 5.74) is 0. The molecule has 1 N–H and O–H groups in total. The van der Waals surface area contributed by atoms with Gasteiger partial charge in [-0.3, -0.25) is 5.10 Å². The highest BCUT2D eigenvalue weighted by atomic mass is 16.5. The van der Waals surface area contributed by atoms with Crippen LogP contribution in [-0.2, 0) is 4.74 Å². The number of esters is 1. The van der Waals surface area contributed by atoms with Crippen molar-refractivity contribution in [3.63, 3.8) is 0 Å². The molecule has 1 aliphatic carbocycles. The molecular weight excluding hydrogens is 206 g/mol. The molecule has 0 unspecified atom stereocenters. The monoisotopic (exact) mass is 223 g/mol. The van der Waals surface area contributed by atoms with Gasteiger partial charge < -0.3 is 4.74 Å². The van der Waals surface area contributed by atoms with Gasteiger partial charge in [-0.2, -0.15) is 0 Å². The molecule has 1 aliphatic rings. The molecule has 1 fully saturated rings. The van der Waals surface area contributed by atoms with Gasteiger partial charge in [-0.25, -0.2) is 9.78 Å². The van der Waals surface area contributed by atoms with Crippen LogP contribution in [0.4, 0.5) is 0 Å². The van der Waals surface area contributed by atoms with Crippen LogP contribution in [0.15, 0.2) is 0 Å². The molecular formula is C11H17N3O2. The Kier molecular flexibility index (Phi) is 3.54. The Bertz CT molecular complexity index is 356. The first-order valence-electron chi connectivity index (χ1n) is 5.90. The summed E-state index contributed by atoms with van der Waals surface area (Å²) in [6.45, 7) is 2.12. The average Bonchev–Trinajstić information content (AvgIpc) is 2.80. The van der Waals surface area contributed by atoms with Crippen molar-refractivity contribution in [1.82, 2.24) is 15.2 Å². The van der Waals surface area contributed by atoms with E-state index in [1.165, 1.54) is 19.3 Å². The topological polar surface area (TPSA) is 67.9 Å². The third kappa shape index (κ3) is 2.40. The Morgan fingerprint density at radius 1 is 1.44 bits per heavy atom. The van der Waals surface area contributed by atoms with Crippen LogP contribution in [0, 0.1) is 0 Å². The van der Waals surface area contributed by atoms with E-state index in [1.54, 1.807) is 6.92 Å². The standard InChI is InChI=1S/C11H17N3O2/c1-2-16-11(15)10-12-9(13-14-10)8-6-4-3-5-7-8/h8H,2-7H2,1H3,(H,12,13,14). The van der Waals surface area contributed by atoms with Crippen molar-refractivity contribution in [2.45, 2.75) is 44.9 Å². The van der Waals surface area contributed by atoms with Crippen LogP contribution in [-0.4, -0.2) is 27.8 Å². The average molecular weight is 223 g/mol. The summed E-state index contributed by atoms with van der Waals surface area (Å²) >= 11 is 0. The second-order valence-electron chi connectivity index (χ2n) is 4.10. The number of hydrogen-bond donors (Lipinski definition) is 1.